The summed E-state index contributed by atoms with van der Waals surface area (Å²) < 4.78 is 14.3. The first kappa shape index (κ1) is 27.4. The monoisotopic (exact) mass is 550 g/mol. The molecule has 1 spiro atoms. The van der Waals surface area contributed by atoms with E-state index in [-0.39, 0.29) is 11.8 Å². The normalized spacial score (nSPS) is 19.4. The summed E-state index contributed by atoms with van der Waals surface area (Å²) in [5, 5.41) is 3.70. The van der Waals surface area contributed by atoms with Gasteiger partial charge in [0.2, 0.25) is 0 Å². The Labute approximate surface area is 242 Å². The highest BCUT2D eigenvalue weighted by atomic mass is 19.1. The van der Waals surface area contributed by atoms with Crippen LogP contribution in [-0.2, 0) is 13.0 Å². The molecule has 0 radical (unpaired) electrons. The molecule has 212 valence electrons. The molecule has 0 atom stereocenters. The zero-order valence-electron chi connectivity index (χ0n) is 23.7. The van der Waals surface area contributed by atoms with E-state index in [4.69, 9.17) is 0 Å². The number of nitrogens with one attached hydrogen (secondary N) is 1. The molecule has 0 bridgehead atoms. The van der Waals surface area contributed by atoms with Crippen LogP contribution in [0.1, 0.15) is 56.1 Å². The minimum Gasteiger partial charge on any atom is -0.369 e. The van der Waals surface area contributed by atoms with Gasteiger partial charge in [-0.25, -0.2) is 9.18 Å². The summed E-state index contributed by atoms with van der Waals surface area (Å²) in [6.07, 6.45) is 10.1. The minimum absolute atomic E-state index is 0.298. The Hall–Kier alpha value is -3.77. The summed E-state index contributed by atoms with van der Waals surface area (Å²) in [5.74, 6) is 0.435. The maximum absolute atomic E-state index is 14.3. The van der Waals surface area contributed by atoms with E-state index in [1.54, 1.807) is 11.0 Å². The average Bonchev–Trinajstić information content (AvgIpc) is 3.25. The standard InChI is InChI=1S/C35H39FN4O/c1-2-10-27-12-6-7-18-32(27)28-13-8-11-26(23-28)25-39-21-19-35(20-22-39)33(37-30-15-4-3-5-16-30)38-34(41)40(35)31-17-9-14-29(36)24-31/h2,6-9,11-14,17-18,23-24,30H,1,3-5,10,15-16,19-22,25H2,(H,37,38,41). The number of rotatable bonds is 7. The van der Waals surface area contributed by atoms with Gasteiger partial charge in [-0.15, -0.1) is 6.58 Å². The van der Waals surface area contributed by atoms with E-state index in [0.717, 1.165) is 57.6 Å². The van der Waals surface area contributed by atoms with Crippen molar-refractivity contribution in [2.24, 2.45) is 4.99 Å². The first-order valence-electron chi connectivity index (χ1n) is 15.0. The van der Waals surface area contributed by atoms with Crippen molar-refractivity contribution in [2.75, 3.05) is 18.0 Å². The number of aliphatic imine (C=N–C) groups is 1. The van der Waals surface area contributed by atoms with Gasteiger partial charge in [-0.1, -0.05) is 73.9 Å². The number of carbonyl (C=O) groups is 1. The lowest BCUT2D eigenvalue weighted by molar-refractivity contribution is 0.181. The maximum atomic E-state index is 14.3. The molecule has 0 aromatic heterocycles. The number of amidine groups is 1. The molecule has 6 heteroatoms. The SMILES string of the molecule is C=CCc1ccccc1-c1cccc(CN2CCC3(CC2)C(NC2CCCCC2)=NC(=O)N3c2cccc(F)c2)c1. The Balaban J connectivity index is 1.22. The number of urea groups is 1. The van der Waals surface area contributed by atoms with Crippen LogP contribution >= 0.6 is 0 Å². The van der Waals surface area contributed by atoms with Gasteiger partial charge in [0.1, 0.15) is 17.2 Å². The molecular weight excluding hydrogens is 511 g/mol. The van der Waals surface area contributed by atoms with Crippen LogP contribution in [0, 0.1) is 5.82 Å². The lowest BCUT2D eigenvalue weighted by Crippen LogP contribution is -2.62. The smallest absolute Gasteiger partial charge is 0.350 e. The highest BCUT2D eigenvalue weighted by Gasteiger charge is 2.52. The van der Waals surface area contributed by atoms with Gasteiger partial charge < -0.3 is 5.32 Å². The van der Waals surface area contributed by atoms with Crippen molar-refractivity contribution in [1.82, 2.24) is 10.2 Å². The molecule has 2 fully saturated rings. The molecule has 0 unspecified atom stereocenters. The molecule has 2 heterocycles. The second kappa shape index (κ2) is 12.0. The van der Waals surface area contributed by atoms with E-state index in [9.17, 15) is 9.18 Å². The van der Waals surface area contributed by atoms with Crippen LogP contribution in [0.5, 0.6) is 0 Å². The molecule has 6 rings (SSSR count). The lowest BCUT2D eigenvalue weighted by atomic mass is 9.83. The number of anilines is 1. The molecule has 3 aromatic rings. The van der Waals surface area contributed by atoms with Crippen LogP contribution in [0.3, 0.4) is 0 Å². The van der Waals surface area contributed by atoms with E-state index < -0.39 is 5.54 Å². The van der Waals surface area contributed by atoms with Crippen LogP contribution in [0.25, 0.3) is 11.1 Å². The van der Waals surface area contributed by atoms with Crippen molar-refractivity contribution in [2.45, 2.75) is 69.5 Å². The molecule has 2 amide bonds. The van der Waals surface area contributed by atoms with Crippen molar-refractivity contribution in [1.29, 1.82) is 0 Å². The van der Waals surface area contributed by atoms with Crippen molar-refractivity contribution in [3.63, 3.8) is 0 Å². The van der Waals surface area contributed by atoms with Crippen LogP contribution < -0.4 is 10.2 Å². The molecule has 1 saturated heterocycles. The van der Waals surface area contributed by atoms with Crippen LogP contribution in [0.15, 0.2) is 90.4 Å². The van der Waals surface area contributed by atoms with Crippen LogP contribution in [-0.4, -0.2) is 41.4 Å². The van der Waals surface area contributed by atoms with Crippen LogP contribution in [0.2, 0.25) is 0 Å². The zero-order valence-corrected chi connectivity index (χ0v) is 23.7. The topological polar surface area (TPSA) is 47.9 Å². The quantitative estimate of drug-likeness (QED) is 0.310. The Bertz CT molecular complexity index is 1440. The third kappa shape index (κ3) is 5.71. The van der Waals surface area contributed by atoms with E-state index in [0.29, 0.717) is 11.7 Å². The van der Waals surface area contributed by atoms with Gasteiger partial charge in [0.15, 0.2) is 0 Å². The van der Waals surface area contributed by atoms with Crippen molar-refractivity contribution in [3.05, 3.63) is 102 Å². The Morgan fingerprint density at radius 2 is 1.76 bits per heavy atom. The summed E-state index contributed by atoms with van der Waals surface area (Å²) in [4.78, 5) is 22.2. The molecule has 41 heavy (non-hydrogen) atoms. The maximum Gasteiger partial charge on any atom is 0.350 e. The van der Waals surface area contributed by atoms with Crippen molar-refractivity contribution < 1.29 is 9.18 Å². The van der Waals surface area contributed by atoms with Crippen molar-refractivity contribution in [3.8, 4) is 11.1 Å². The molecule has 5 nitrogen and oxygen atoms in total. The van der Waals surface area contributed by atoms with Gasteiger partial charge in [-0.05, 0) is 78.6 Å². The second-order valence-corrected chi connectivity index (χ2v) is 11.7. The number of piperidine rings is 1. The minimum atomic E-state index is -0.579. The number of likely N-dealkylation sites (tertiary alicyclic amines) is 1. The summed E-state index contributed by atoms with van der Waals surface area (Å²) in [5.41, 5.74) is 5.02. The number of hydrogen-bond donors (Lipinski definition) is 1. The van der Waals surface area contributed by atoms with Gasteiger partial charge in [-0.3, -0.25) is 9.80 Å². The number of hydrogen-bond acceptors (Lipinski definition) is 3. The predicted molar refractivity (Wildman–Crippen MR) is 165 cm³/mol. The zero-order chi connectivity index (χ0) is 28.2. The van der Waals surface area contributed by atoms with E-state index in [1.165, 1.54) is 53.6 Å². The molecule has 3 aromatic carbocycles. The fraction of sp³-hybridized carbons (Fsp3) is 0.371. The Morgan fingerprint density at radius 3 is 2.54 bits per heavy atom. The highest BCUT2D eigenvalue weighted by Crippen LogP contribution is 2.39. The number of halogens is 1. The Morgan fingerprint density at radius 1 is 0.976 bits per heavy atom. The molecule has 1 aliphatic carbocycles. The summed E-state index contributed by atoms with van der Waals surface area (Å²) >= 11 is 0. The molecule has 2 aliphatic heterocycles. The summed E-state index contributed by atoms with van der Waals surface area (Å²) in [6.45, 7) is 6.40. The van der Waals surface area contributed by atoms with Crippen molar-refractivity contribution >= 4 is 17.6 Å². The number of nitrogens with zero attached hydrogens (tertiary/aromatic N) is 3. The third-order valence-corrected chi connectivity index (χ3v) is 8.99. The third-order valence-electron chi connectivity index (χ3n) is 8.99. The summed E-state index contributed by atoms with van der Waals surface area (Å²) in [6, 6.07) is 23.7. The molecular formula is C35H39FN4O. The lowest BCUT2D eigenvalue weighted by Gasteiger charge is -2.45. The fourth-order valence-electron chi connectivity index (χ4n) is 6.89. The molecule has 1 N–H and O–H groups in total. The van der Waals surface area contributed by atoms with Gasteiger partial charge in [0, 0.05) is 31.4 Å². The second-order valence-electron chi connectivity index (χ2n) is 11.7. The predicted octanol–water partition coefficient (Wildman–Crippen LogP) is 7.52. The fourth-order valence-corrected chi connectivity index (χ4v) is 6.89. The Kier molecular flexibility index (Phi) is 8.02. The van der Waals surface area contributed by atoms with Gasteiger partial charge in [0.05, 0.1) is 0 Å². The van der Waals surface area contributed by atoms with Crippen LogP contribution in [0.4, 0.5) is 14.9 Å². The highest BCUT2D eigenvalue weighted by molar-refractivity contribution is 6.16. The largest absolute Gasteiger partial charge is 0.369 e. The first-order chi connectivity index (χ1) is 20.1. The first-order valence-corrected chi connectivity index (χ1v) is 15.0. The van der Waals surface area contributed by atoms with Gasteiger partial charge >= 0.3 is 6.03 Å². The number of amides is 2. The number of benzene rings is 3. The van der Waals surface area contributed by atoms with E-state index in [1.807, 2.05) is 12.1 Å². The van der Waals surface area contributed by atoms with E-state index >= 15 is 0 Å². The van der Waals surface area contributed by atoms with Gasteiger partial charge in [-0.2, -0.15) is 4.99 Å². The summed E-state index contributed by atoms with van der Waals surface area (Å²) in [7, 11) is 0. The van der Waals surface area contributed by atoms with E-state index in [2.05, 4.69) is 70.3 Å². The van der Waals surface area contributed by atoms with Gasteiger partial charge in [0.25, 0.3) is 0 Å². The molecule has 1 saturated carbocycles. The molecule has 3 aliphatic rings. The number of carbonyl (C=O) groups excluding carboxylic acids is 1. The number of allylic oxidation sites excluding steroid dienone is 1. The average molecular weight is 551 g/mol.